The average molecular weight is 214 g/mol. The van der Waals surface area contributed by atoms with Crippen molar-refractivity contribution in [2.24, 2.45) is 0 Å². The number of hydrogen-bond donors (Lipinski definition) is 2. The van der Waals surface area contributed by atoms with Crippen molar-refractivity contribution in [3.8, 4) is 0 Å². The van der Waals surface area contributed by atoms with Crippen LogP contribution in [0.2, 0.25) is 5.15 Å². The van der Waals surface area contributed by atoms with Crippen molar-refractivity contribution in [3.05, 3.63) is 34.6 Å². The van der Waals surface area contributed by atoms with E-state index in [1.54, 1.807) is 18.2 Å². The lowest BCUT2D eigenvalue weighted by Gasteiger charge is -1.97. The molecule has 0 spiro atoms. The molecule has 0 aliphatic carbocycles. The van der Waals surface area contributed by atoms with Gasteiger partial charge in [0, 0.05) is 0 Å². The second kappa shape index (κ2) is 4.74. The van der Waals surface area contributed by atoms with E-state index in [-0.39, 0.29) is 10.7 Å². The lowest BCUT2D eigenvalue weighted by molar-refractivity contribution is -0.133. The van der Waals surface area contributed by atoms with Crippen molar-refractivity contribution in [2.45, 2.75) is 0 Å². The number of nitrogens with zero attached hydrogens (tertiary/aromatic N) is 1. The molecule has 0 unspecified atom stereocenters. The number of carboxylic acids is 1. The molecule has 0 aliphatic rings. The Hall–Kier alpha value is -1.39. The van der Waals surface area contributed by atoms with Crippen LogP contribution in [-0.4, -0.2) is 27.8 Å². The third-order valence-electron chi connectivity index (χ3n) is 1.50. The molecule has 0 aromatic carbocycles. The number of aliphatic carboxylic acids is 1. The molecule has 1 heterocycles. The Labute approximate surface area is 85.5 Å². The maximum absolute atomic E-state index is 10.5. The van der Waals surface area contributed by atoms with Crippen LogP contribution < -0.4 is 0 Å². The van der Waals surface area contributed by atoms with Crippen LogP contribution in [0.4, 0.5) is 0 Å². The maximum atomic E-state index is 10.5. The van der Waals surface area contributed by atoms with Crippen molar-refractivity contribution in [2.75, 3.05) is 6.61 Å². The van der Waals surface area contributed by atoms with Gasteiger partial charge < -0.3 is 10.2 Å². The highest BCUT2D eigenvalue weighted by Gasteiger charge is 2.05. The van der Waals surface area contributed by atoms with E-state index in [2.05, 4.69) is 4.98 Å². The van der Waals surface area contributed by atoms with Crippen LogP contribution in [0.1, 0.15) is 5.69 Å². The molecule has 14 heavy (non-hydrogen) atoms. The molecule has 0 radical (unpaired) electrons. The molecule has 0 fully saturated rings. The van der Waals surface area contributed by atoms with Crippen LogP contribution in [0.3, 0.4) is 0 Å². The van der Waals surface area contributed by atoms with E-state index in [1.165, 1.54) is 6.08 Å². The van der Waals surface area contributed by atoms with Gasteiger partial charge in [0.2, 0.25) is 0 Å². The lowest BCUT2D eigenvalue weighted by atomic mass is 10.2. The summed E-state index contributed by atoms with van der Waals surface area (Å²) in [5.74, 6) is -1.17. The zero-order chi connectivity index (χ0) is 10.6. The summed E-state index contributed by atoms with van der Waals surface area (Å²) >= 11 is 5.60. The average Bonchev–Trinajstić information content (AvgIpc) is 2.14. The van der Waals surface area contributed by atoms with Gasteiger partial charge in [-0.3, -0.25) is 0 Å². The summed E-state index contributed by atoms with van der Waals surface area (Å²) < 4.78 is 0. The molecule has 0 bridgehead atoms. The normalized spacial score (nSPS) is 11.4. The van der Waals surface area contributed by atoms with Crippen LogP contribution in [0.15, 0.2) is 23.8 Å². The zero-order valence-electron chi connectivity index (χ0n) is 7.14. The first-order valence-corrected chi connectivity index (χ1v) is 4.18. The highest BCUT2D eigenvalue weighted by molar-refractivity contribution is 6.29. The maximum Gasteiger partial charge on any atom is 0.333 e. The van der Waals surface area contributed by atoms with Crippen molar-refractivity contribution in [3.63, 3.8) is 0 Å². The molecule has 0 saturated heterocycles. The Balaban J connectivity index is 3.00. The molecule has 0 atom stereocenters. The number of aromatic nitrogens is 1. The van der Waals surface area contributed by atoms with Crippen molar-refractivity contribution in [1.82, 2.24) is 4.98 Å². The van der Waals surface area contributed by atoms with Crippen molar-refractivity contribution >= 4 is 23.6 Å². The molecule has 74 valence electrons. The summed E-state index contributed by atoms with van der Waals surface area (Å²) in [5.41, 5.74) is 0.281. The first-order valence-electron chi connectivity index (χ1n) is 3.81. The number of hydrogen-bond acceptors (Lipinski definition) is 3. The highest BCUT2D eigenvalue weighted by Crippen LogP contribution is 2.08. The third-order valence-corrected chi connectivity index (χ3v) is 1.71. The van der Waals surface area contributed by atoms with Gasteiger partial charge >= 0.3 is 5.97 Å². The number of aliphatic hydroxyl groups excluding tert-OH is 1. The number of halogens is 1. The molecule has 1 rings (SSSR count). The monoisotopic (exact) mass is 213 g/mol. The van der Waals surface area contributed by atoms with E-state index < -0.39 is 12.6 Å². The zero-order valence-corrected chi connectivity index (χ0v) is 7.90. The Morgan fingerprint density at radius 3 is 2.79 bits per heavy atom. The van der Waals surface area contributed by atoms with Gasteiger partial charge in [-0.1, -0.05) is 17.7 Å². The molecule has 4 nitrogen and oxygen atoms in total. The topological polar surface area (TPSA) is 70.4 Å². The summed E-state index contributed by atoms with van der Waals surface area (Å²) in [5, 5.41) is 17.6. The molecule has 5 heteroatoms. The minimum atomic E-state index is -1.17. The predicted octanol–water partition coefficient (Wildman–Crippen LogP) is 1.20. The smallest absolute Gasteiger partial charge is 0.333 e. The van der Waals surface area contributed by atoms with E-state index >= 15 is 0 Å². The van der Waals surface area contributed by atoms with Crippen LogP contribution in [0, 0.1) is 0 Å². The summed E-state index contributed by atoms with van der Waals surface area (Å²) in [4.78, 5) is 14.4. The molecule has 0 saturated carbocycles. The number of carbonyl (C=O) groups is 1. The standard InChI is InChI=1S/C9H8ClNO3/c10-8-3-1-2-7(11-8)4-6(5-12)9(13)14/h1-4,12H,5H2,(H,13,14). The first-order chi connectivity index (χ1) is 6.63. The van der Waals surface area contributed by atoms with Gasteiger partial charge in [-0.05, 0) is 18.2 Å². The van der Waals surface area contributed by atoms with Crippen molar-refractivity contribution < 1.29 is 15.0 Å². The third kappa shape index (κ3) is 2.83. The highest BCUT2D eigenvalue weighted by atomic mass is 35.5. The fourth-order valence-corrected chi connectivity index (χ4v) is 1.03. The minimum Gasteiger partial charge on any atom is -0.478 e. The Morgan fingerprint density at radius 1 is 1.57 bits per heavy atom. The summed E-state index contributed by atoms with van der Waals surface area (Å²) in [6, 6.07) is 4.83. The lowest BCUT2D eigenvalue weighted by Crippen LogP contribution is -2.04. The number of rotatable bonds is 3. The van der Waals surface area contributed by atoms with Gasteiger partial charge in [0.15, 0.2) is 0 Å². The summed E-state index contributed by atoms with van der Waals surface area (Å²) in [6.45, 7) is -0.538. The number of aliphatic hydroxyl groups is 1. The predicted molar refractivity (Wildman–Crippen MR) is 51.9 cm³/mol. The van der Waals surface area contributed by atoms with Gasteiger partial charge in [-0.2, -0.15) is 0 Å². The van der Waals surface area contributed by atoms with Gasteiger partial charge in [0.1, 0.15) is 5.15 Å². The molecule has 1 aromatic rings. The molecular weight excluding hydrogens is 206 g/mol. The van der Waals surface area contributed by atoms with Crippen molar-refractivity contribution in [1.29, 1.82) is 0 Å². The summed E-state index contributed by atoms with van der Waals surface area (Å²) in [7, 11) is 0. The minimum absolute atomic E-state index is 0.125. The first kappa shape index (κ1) is 10.7. The van der Waals surface area contributed by atoms with Crippen LogP contribution in [0.5, 0.6) is 0 Å². The van der Waals surface area contributed by atoms with Gasteiger partial charge in [-0.25, -0.2) is 9.78 Å². The van der Waals surface area contributed by atoms with E-state index in [1.807, 2.05) is 0 Å². The van der Waals surface area contributed by atoms with Gasteiger partial charge in [0.25, 0.3) is 0 Å². The van der Waals surface area contributed by atoms with Crippen LogP contribution >= 0.6 is 11.6 Å². The quantitative estimate of drug-likeness (QED) is 0.585. The van der Waals surface area contributed by atoms with E-state index in [0.29, 0.717) is 5.69 Å². The van der Waals surface area contributed by atoms with Crippen LogP contribution in [0.25, 0.3) is 6.08 Å². The van der Waals surface area contributed by atoms with E-state index in [0.717, 1.165) is 0 Å². The largest absolute Gasteiger partial charge is 0.478 e. The fraction of sp³-hybridized carbons (Fsp3) is 0.111. The van der Waals surface area contributed by atoms with Gasteiger partial charge in [0.05, 0.1) is 17.9 Å². The fourth-order valence-electron chi connectivity index (χ4n) is 0.858. The Morgan fingerprint density at radius 2 is 2.29 bits per heavy atom. The number of pyridine rings is 1. The molecule has 1 aromatic heterocycles. The molecule has 2 N–H and O–H groups in total. The Bertz CT molecular complexity index is 376. The van der Waals surface area contributed by atoms with Gasteiger partial charge in [-0.15, -0.1) is 0 Å². The number of carboxylic acid groups (broad SMARTS) is 1. The van der Waals surface area contributed by atoms with Crippen LogP contribution in [-0.2, 0) is 4.79 Å². The summed E-state index contributed by atoms with van der Waals surface area (Å²) in [6.07, 6.45) is 1.27. The van der Waals surface area contributed by atoms with E-state index in [4.69, 9.17) is 21.8 Å². The second-order valence-corrected chi connectivity index (χ2v) is 2.91. The second-order valence-electron chi connectivity index (χ2n) is 2.52. The SMILES string of the molecule is O=C(O)C(=Cc1cccc(Cl)n1)CO. The molecule has 0 aliphatic heterocycles. The van der Waals surface area contributed by atoms with E-state index in [9.17, 15) is 4.79 Å². The Kier molecular flexibility index (Phi) is 3.62. The molecular formula is C9H8ClNO3. The molecule has 0 amide bonds.